The van der Waals surface area contributed by atoms with Crippen molar-refractivity contribution in [2.24, 2.45) is 0 Å². The van der Waals surface area contributed by atoms with E-state index in [1.165, 1.54) is 18.2 Å². The zero-order valence-electron chi connectivity index (χ0n) is 7.89. The van der Waals surface area contributed by atoms with E-state index in [1.807, 2.05) is 12.1 Å². The second-order valence-corrected chi connectivity index (χ2v) is 3.08. The molecule has 2 aromatic rings. The Kier molecular flexibility index (Phi) is 2.08. The van der Waals surface area contributed by atoms with Gasteiger partial charge in [0, 0.05) is 5.39 Å². The lowest BCUT2D eigenvalue weighted by Gasteiger charge is -1.92. The lowest BCUT2D eigenvalue weighted by Crippen LogP contribution is -1.91. The van der Waals surface area contributed by atoms with Gasteiger partial charge >= 0.3 is 5.97 Å². The van der Waals surface area contributed by atoms with Gasteiger partial charge in [0.15, 0.2) is 5.58 Å². The van der Waals surface area contributed by atoms with Crippen LogP contribution < -0.4 is 0 Å². The number of nitriles is 2. The highest BCUT2D eigenvalue weighted by Crippen LogP contribution is 2.24. The third kappa shape index (κ3) is 1.37. The zero-order chi connectivity index (χ0) is 11.7. The van der Waals surface area contributed by atoms with Crippen LogP contribution in [0.3, 0.4) is 0 Å². The predicted molar refractivity (Wildman–Crippen MR) is 52.6 cm³/mol. The SMILES string of the molecule is N#Cc1cc(C#N)c2oc(C(=O)O)cc2c1. The van der Waals surface area contributed by atoms with Crippen molar-refractivity contribution in [1.29, 1.82) is 10.5 Å². The fourth-order valence-corrected chi connectivity index (χ4v) is 1.41. The average molecular weight is 212 g/mol. The van der Waals surface area contributed by atoms with E-state index in [-0.39, 0.29) is 16.9 Å². The van der Waals surface area contributed by atoms with Crippen LogP contribution in [0.4, 0.5) is 0 Å². The molecule has 0 aliphatic rings. The van der Waals surface area contributed by atoms with Gasteiger partial charge in [0.05, 0.1) is 17.2 Å². The van der Waals surface area contributed by atoms with Gasteiger partial charge in [-0.15, -0.1) is 0 Å². The molecular weight excluding hydrogens is 208 g/mol. The minimum absolute atomic E-state index is 0.154. The van der Waals surface area contributed by atoms with Gasteiger partial charge in [-0.3, -0.25) is 0 Å². The molecule has 1 heterocycles. The Morgan fingerprint density at radius 2 is 2.00 bits per heavy atom. The Morgan fingerprint density at radius 1 is 1.25 bits per heavy atom. The van der Waals surface area contributed by atoms with E-state index in [2.05, 4.69) is 0 Å². The summed E-state index contributed by atoms with van der Waals surface area (Å²) in [6.45, 7) is 0. The fraction of sp³-hybridized carbons (Fsp3) is 0. The number of benzene rings is 1. The molecule has 0 saturated heterocycles. The molecule has 0 unspecified atom stereocenters. The molecule has 5 heteroatoms. The summed E-state index contributed by atoms with van der Waals surface area (Å²) in [5.41, 5.74) is 0.641. The lowest BCUT2D eigenvalue weighted by molar-refractivity contribution is 0.0665. The molecule has 0 bridgehead atoms. The van der Waals surface area contributed by atoms with E-state index in [4.69, 9.17) is 20.0 Å². The molecule has 0 aliphatic carbocycles. The summed E-state index contributed by atoms with van der Waals surface area (Å²) < 4.78 is 5.02. The van der Waals surface area contributed by atoms with Crippen LogP contribution in [0.1, 0.15) is 21.7 Å². The summed E-state index contributed by atoms with van der Waals surface area (Å²) in [6, 6.07) is 7.88. The smallest absolute Gasteiger partial charge is 0.371 e. The van der Waals surface area contributed by atoms with E-state index >= 15 is 0 Å². The summed E-state index contributed by atoms with van der Waals surface area (Å²) in [4.78, 5) is 10.7. The van der Waals surface area contributed by atoms with Crippen LogP contribution in [0, 0.1) is 22.7 Å². The first-order valence-electron chi connectivity index (χ1n) is 4.27. The van der Waals surface area contributed by atoms with Crippen molar-refractivity contribution in [3.63, 3.8) is 0 Å². The van der Waals surface area contributed by atoms with Crippen LogP contribution in [0.25, 0.3) is 11.0 Å². The van der Waals surface area contributed by atoms with E-state index in [9.17, 15) is 4.79 Å². The Morgan fingerprint density at radius 3 is 2.56 bits per heavy atom. The van der Waals surface area contributed by atoms with Crippen LogP contribution in [0.5, 0.6) is 0 Å². The summed E-state index contributed by atoms with van der Waals surface area (Å²) >= 11 is 0. The topological polar surface area (TPSA) is 98.0 Å². The molecule has 0 aliphatic heterocycles. The van der Waals surface area contributed by atoms with E-state index in [0.717, 1.165) is 0 Å². The molecule has 0 fully saturated rings. The van der Waals surface area contributed by atoms with Gasteiger partial charge in [0.2, 0.25) is 5.76 Å². The highest BCUT2D eigenvalue weighted by molar-refractivity contribution is 5.93. The van der Waals surface area contributed by atoms with Crippen molar-refractivity contribution in [3.8, 4) is 12.1 Å². The summed E-state index contributed by atoms with van der Waals surface area (Å²) in [5, 5.41) is 26.7. The highest BCUT2D eigenvalue weighted by Gasteiger charge is 2.14. The molecule has 5 nitrogen and oxygen atoms in total. The first kappa shape index (κ1) is 9.75. The van der Waals surface area contributed by atoms with Gasteiger partial charge in [-0.25, -0.2) is 4.79 Å². The number of carboxylic acids is 1. The van der Waals surface area contributed by atoms with Gasteiger partial charge < -0.3 is 9.52 Å². The molecular formula is C11H4N2O3. The molecule has 76 valence electrons. The Bertz CT molecular complexity index is 671. The van der Waals surface area contributed by atoms with Gasteiger partial charge in [-0.2, -0.15) is 10.5 Å². The largest absolute Gasteiger partial charge is 0.475 e. The van der Waals surface area contributed by atoms with Crippen molar-refractivity contribution in [1.82, 2.24) is 0 Å². The van der Waals surface area contributed by atoms with Crippen molar-refractivity contribution < 1.29 is 14.3 Å². The Labute approximate surface area is 89.7 Å². The van der Waals surface area contributed by atoms with Crippen LogP contribution in [0.2, 0.25) is 0 Å². The molecule has 16 heavy (non-hydrogen) atoms. The minimum Gasteiger partial charge on any atom is -0.475 e. The summed E-state index contributed by atoms with van der Waals surface area (Å²) in [6.07, 6.45) is 0. The number of carbonyl (C=O) groups is 1. The first-order valence-corrected chi connectivity index (χ1v) is 4.27. The molecule has 0 radical (unpaired) electrons. The van der Waals surface area contributed by atoms with Crippen LogP contribution in [-0.2, 0) is 0 Å². The van der Waals surface area contributed by atoms with Crippen molar-refractivity contribution in [2.45, 2.75) is 0 Å². The molecule has 1 aromatic heterocycles. The quantitative estimate of drug-likeness (QED) is 0.777. The van der Waals surface area contributed by atoms with E-state index < -0.39 is 5.97 Å². The molecule has 2 rings (SSSR count). The summed E-state index contributed by atoms with van der Waals surface area (Å²) in [7, 11) is 0. The van der Waals surface area contributed by atoms with Gasteiger partial charge in [0.25, 0.3) is 0 Å². The molecule has 0 spiro atoms. The second-order valence-electron chi connectivity index (χ2n) is 3.08. The maximum atomic E-state index is 10.7. The second kappa shape index (κ2) is 3.41. The fourth-order valence-electron chi connectivity index (χ4n) is 1.41. The van der Waals surface area contributed by atoms with Crippen molar-refractivity contribution >= 4 is 16.9 Å². The number of furan rings is 1. The van der Waals surface area contributed by atoms with Gasteiger partial charge in [-0.1, -0.05) is 0 Å². The first-order chi connectivity index (χ1) is 7.65. The normalized spacial score (nSPS) is 9.62. The number of rotatable bonds is 1. The number of nitrogens with zero attached hydrogens (tertiary/aromatic N) is 2. The lowest BCUT2D eigenvalue weighted by atomic mass is 10.1. The van der Waals surface area contributed by atoms with Crippen molar-refractivity contribution in [2.75, 3.05) is 0 Å². The monoisotopic (exact) mass is 212 g/mol. The maximum absolute atomic E-state index is 10.7. The molecule has 1 aromatic carbocycles. The average Bonchev–Trinajstić information content (AvgIpc) is 2.71. The number of fused-ring (bicyclic) bond motifs is 1. The van der Waals surface area contributed by atoms with Gasteiger partial charge in [-0.05, 0) is 18.2 Å². The molecule has 0 atom stereocenters. The number of aromatic carboxylic acids is 1. The Balaban J connectivity index is 2.82. The van der Waals surface area contributed by atoms with Crippen LogP contribution in [0.15, 0.2) is 22.6 Å². The van der Waals surface area contributed by atoms with Crippen LogP contribution in [-0.4, -0.2) is 11.1 Å². The minimum atomic E-state index is -1.21. The highest BCUT2D eigenvalue weighted by atomic mass is 16.4. The van der Waals surface area contributed by atoms with Gasteiger partial charge in [0.1, 0.15) is 6.07 Å². The molecule has 0 saturated carbocycles. The predicted octanol–water partition coefficient (Wildman–Crippen LogP) is 1.87. The Hall–Kier alpha value is -2.79. The molecule has 0 amide bonds. The maximum Gasteiger partial charge on any atom is 0.371 e. The third-order valence-corrected chi connectivity index (χ3v) is 2.08. The number of hydrogen-bond acceptors (Lipinski definition) is 4. The number of carboxylic acid groups (broad SMARTS) is 1. The number of hydrogen-bond donors (Lipinski definition) is 1. The van der Waals surface area contributed by atoms with E-state index in [1.54, 1.807) is 0 Å². The third-order valence-electron chi connectivity index (χ3n) is 2.08. The molecule has 1 N–H and O–H groups in total. The zero-order valence-corrected chi connectivity index (χ0v) is 7.89. The van der Waals surface area contributed by atoms with E-state index in [0.29, 0.717) is 10.9 Å². The van der Waals surface area contributed by atoms with Crippen molar-refractivity contribution in [3.05, 3.63) is 35.1 Å². The van der Waals surface area contributed by atoms with Crippen LogP contribution >= 0.6 is 0 Å². The standard InChI is InChI=1S/C11H4N2O3/c12-4-6-1-7-3-9(11(14)15)16-10(7)8(2-6)5-13/h1-3H,(H,14,15). The summed E-state index contributed by atoms with van der Waals surface area (Å²) in [5.74, 6) is -1.46.